The molecule has 1 aromatic heterocycles. The lowest BCUT2D eigenvalue weighted by Crippen LogP contribution is -2.43. The Morgan fingerprint density at radius 1 is 1.16 bits per heavy atom. The van der Waals surface area contributed by atoms with Crippen molar-refractivity contribution in [1.29, 1.82) is 0 Å². The van der Waals surface area contributed by atoms with E-state index in [1.54, 1.807) is 12.1 Å². The zero-order valence-electron chi connectivity index (χ0n) is 18.4. The van der Waals surface area contributed by atoms with Gasteiger partial charge >= 0.3 is 0 Å². The molecule has 2 amide bonds. The Morgan fingerprint density at radius 3 is 2.75 bits per heavy atom. The van der Waals surface area contributed by atoms with E-state index in [-0.39, 0.29) is 23.9 Å². The summed E-state index contributed by atoms with van der Waals surface area (Å²) < 4.78 is 0. The van der Waals surface area contributed by atoms with Gasteiger partial charge in [-0.2, -0.15) is 0 Å². The van der Waals surface area contributed by atoms with Gasteiger partial charge in [-0.1, -0.05) is 30.7 Å². The number of hydrogen-bond acceptors (Lipinski definition) is 5. The predicted molar refractivity (Wildman–Crippen MR) is 127 cm³/mol. The zero-order chi connectivity index (χ0) is 22.7. The Morgan fingerprint density at radius 2 is 1.97 bits per heavy atom. The van der Waals surface area contributed by atoms with Crippen LogP contribution in [0, 0.1) is 6.92 Å². The molecule has 0 aliphatic carbocycles. The van der Waals surface area contributed by atoms with Crippen LogP contribution in [0.2, 0.25) is 0 Å². The lowest BCUT2D eigenvalue weighted by Gasteiger charge is -2.23. The molecule has 4 rings (SSSR count). The minimum atomic E-state index is -0.276. The van der Waals surface area contributed by atoms with Crippen molar-refractivity contribution < 1.29 is 9.59 Å². The number of pyridine rings is 1. The minimum absolute atomic E-state index is 0.0630. The maximum atomic E-state index is 13.1. The summed E-state index contributed by atoms with van der Waals surface area (Å²) in [7, 11) is 0. The number of amides is 2. The van der Waals surface area contributed by atoms with Crippen LogP contribution in [0.15, 0.2) is 48.5 Å². The lowest BCUT2D eigenvalue weighted by molar-refractivity contribution is -0.118. The Balaban J connectivity index is 1.52. The SMILES string of the molecule is Cc1ccc(NC(=O)[C@H]2CCCCN2)cc1C(=O)NC(C)c1cc(N)nc2ccccc12. The van der Waals surface area contributed by atoms with E-state index in [4.69, 9.17) is 5.73 Å². The van der Waals surface area contributed by atoms with E-state index in [1.165, 1.54) is 0 Å². The quantitative estimate of drug-likeness (QED) is 0.493. The standard InChI is InChI=1S/C25H29N5O2/c1-15-10-11-17(29-25(32)22-9-5-6-12-27-22)13-19(15)24(31)28-16(2)20-14-23(26)30-21-8-4-3-7-18(20)21/h3-4,7-8,10-11,13-14,16,22,27H,5-6,9,12H2,1-2H3,(H2,26,30)(H,28,31)(H,29,32)/t16?,22-/m1/s1. The Kier molecular flexibility index (Phi) is 6.37. The van der Waals surface area contributed by atoms with E-state index in [2.05, 4.69) is 20.9 Å². The number of nitrogens with one attached hydrogen (secondary N) is 3. The van der Waals surface area contributed by atoms with Gasteiger partial charge < -0.3 is 21.7 Å². The molecule has 3 aromatic rings. The molecule has 32 heavy (non-hydrogen) atoms. The van der Waals surface area contributed by atoms with Crippen molar-refractivity contribution in [3.05, 3.63) is 65.2 Å². The Labute approximate surface area is 187 Å². The average molecular weight is 432 g/mol. The van der Waals surface area contributed by atoms with Crippen LogP contribution in [0.3, 0.4) is 0 Å². The van der Waals surface area contributed by atoms with Gasteiger partial charge in [0.25, 0.3) is 5.91 Å². The van der Waals surface area contributed by atoms with E-state index in [1.807, 2.05) is 50.2 Å². The van der Waals surface area contributed by atoms with Crippen molar-refractivity contribution in [1.82, 2.24) is 15.6 Å². The van der Waals surface area contributed by atoms with Gasteiger partial charge in [-0.3, -0.25) is 9.59 Å². The molecule has 5 N–H and O–H groups in total. The summed E-state index contributed by atoms with van der Waals surface area (Å²) in [5.41, 5.74) is 9.67. The van der Waals surface area contributed by atoms with Crippen LogP contribution >= 0.6 is 0 Å². The molecule has 1 saturated heterocycles. The number of carbonyl (C=O) groups is 2. The highest BCUT2D eigenvalue weighted by molar-refractivity contribution is 6.00. The summed E-state index contributed by atoms with van der Waals surface area (Å²) in [6.07, 6.45) is 2.96. The third kappa shape index (κ3) is 4.73. The van der Waals surface area contributed by atoms with Crippen LogP contribution in [0.5, 0.6) is 0 Å². The second-order valence-electron chi connectivity index (χ2n) is 8.37. The normalized spacial score (nSPS) is 17.0. The highest BCUT2D eigenvalue weighted by Crippen LogP contribution is 2.26. The molecule has 1 fully saturated rings. The summed E-state index contributed by atoms with van der Waals surface area (Å²) in [6, 6.07) is 14.5. The van der Waals surface area contributed by atoms with E-state index < -0.39 is 0 Å². The van der Waals surface area contributed by atoms with Gasteiger partial charge in [-0.25, -0.2) is 4.98 Å². The summed E-state index contributed by atoms with van der Waals surface area (Å²) in [5.74, 6) is 0.144. The number of para-hydroxylation sites is 1. The summed E-state index contributed by atoms with van der Waals surface area (Å²) in [5, 5.41) is 10.2. The molecule has 7 heteroatoms. The summed E-state index contributed by atoms with van der Waals surface area (Å²) in [6.45, 7) is 4.66. The molecular weight excluding hydrogens is 402 g/mol. The predicted octanol–water partition coefficient (Wildman–Crippen LogP) is 3.70. The monoisotopic (exact) mass is 431 g/mol. The number of nitrogen functional groups attached to an aromatic ring is 1. The first-order valence-corrected chi connectivity index (χ1v) is 11.0. The number of carbonyl (C=O) groups excluding carboxylic acids is 2. The molecule has 2 heterocycles. The van der Waals surface area contributed by atoms with Crippen LogP contribution < -0.4 is 21.7 Å². The highest BCUT2D eigenvalue weighted by atomic mass is 16.2. The molecule has 166 valence electrons. The first-order chi connectivity index (χ1) is 15.4. The molecule has 0 spiro atoms. The molecule has 1 aliphatic rings. The van der Waals surface area contributed by atoms with E-state index in [0.29, 0.717) is 17.1 Å². The molecule has 0 bridgehead atoms. The number of nitrogens with zero attached hydrogens (tertiary/aromatic N) is 1. The number of piperidine rings is 1. The molecule has 1 aliphatic heterocycles. The topological polar surface area (TPSA) is 109 Å². The number of nitrogens with two attached hydrogens (primary N) is 1. The first kappa shape index (κ1) is 21.8. The van der Waals surface area contributed by atoms with E-state index in [0.717, 1.165) is 47.8 Å². The highest BCUT2D eigenvalue weighted by Gasteiger charge is 2.21. The summed E-state index contributed by atoms with van der Waals surface area (Å²) in [4.78, 5) is 30.1. The van der Waals surface area contributed by atoms with Gasteiger partial charge in [-0.05, 0) is 68.6 Å². The van der Waals surface area contributed by atoms with Gasteiger partial charge in [0.1, 0.15) is 5.82 Å². The third-order valence-electron chi connectivity index (χ3n) is 5.96. The third-order valence-corrected chi connectivity index (χ3v) is 5.96. The van der Waals surface area contributed by atoms with Crippen molar-refractivity contribution in [2.75, 3.05) is 17.6 Å². The van der Waals surface area contributed by atoms with E-state index >= 15 is 0 Å². The maximum absolute atomic E-state index is 13.1. The fraction of sp³-hybridized carbons (Fsp3) is 0.320. The van der Waals surface area contributed by atoms with Crippen LogP contribution in [-0.2, 0) is 4.79 Å². The number of rotatable bonds is 5. The minimum Gasteiger partial charge on any atom is -0.384 e. The van der Waals surface area contributed by atoms with Crippen molar-refractivity contribution in [2.45, 2.75) is 45.2 Å². The number of hydrogen-bond donors (Lipinski definition) is 4. The van der Waals surface area contributed by atoms with Crippen molar-refractivity contribution in [3.8, 4) is 0 Å². The molecule has 2 atom stereocenters. The number of fused-ring (bicyclic) bond motifs is 1. The van der Waals surface area contributed by atoms with Gasteiger partial charge in [0.15, 0.2) is 0 Å². The molecule has 7 nitrogen and oxygen atoms in total. The van der Waals surface area contributed by atoms with Crippen LogP contribution in [0.1, 0.15) is 53.7 Å². The van der Waals surface area contributed by atoms with Crippen molar-refractivity contribution in [2.24, 2.45) is 0 Å². The molecular formula is C25H29N5O2. The number of aromatic nitrogens is 1. The number of anilines is 2. The number of benzene rings is 2. The van der Waals surface area contributed by atoms with Crippen LogP contribution in [0.25, 0.3) is 10.9 Å². The second kappa shape index (κ2) is 9.36. The average Bonchev–Trinajstić information content (AvgIpc) is 2.80. The van der Waals surface area contributed by atoms with Gasteiger partial charge in [-0.15, -0.1) is 0 Å². The van der Waals surface area contributed by atoms with Crippen LogP contribution in [0.4, 0.5) is 11.5 Å². The van der Waals surface area contributed by atoms with Crippen LogP contribution in [-0.4, -0.2) is 29.4 Å². The zero-order valence-corrected chi connectivity index (χ0v) is 18.4. The van der Waals surface area contributed by atoms with Crippen molar-refractivity contribution in [3.63, 3.8) is 0 Å². The fourth-order valence-electron chi connectivity index (χ4n) is 4.18. The van der Waals surface area contributed by atoms with E-state index in [9.17, 15) is 9.59 Å². The van der Waals surface area contributed by atoms with Gasteiger partial charge in [0.05, 0.1) is 17.6 Å². The Hall–Kier alpha value is -3.45. The molecule has 0 saturated carbocycles. The molecule has 0 radical (unpaired) electrons. The van der Waals surface area contributed by atoms with Gasteiger partial charge in [0.2, 0.25) is 5.91 Å². The van der Waals surface area contributed by atoms with Crippen molar-refractivity contribution >= 4 is 34.2 Å². The largest absolute Gasteiger partial charge is 0.384 e. The summed E-state index contributed by atoms with van der Waals surface area (Å²) >= 11 is 0. The smallest absolute Gasteiger partial charge is 0.252 e. The molecule has 1 unspecified atom stereocenters. The lowest BCUT2D eigenvalue weighted by atomic mass is 10.0. The molecule has 2 aromatic carbocycles. The fourth-order valence-corrected chi connectivity index (χ4v) is 4.18. The van der Waals surface area contributed by atoms with Gasteiger partial charge in [0, 0.05) is 16.6 Å². The second-order valence-corrected chi connectivity index (χ2v) is 8.37. The first-order valence-electron chi connectivity index (χ1n) is 11.0. The maximum Gasteiger partial charge on any atom is 0.252 e. The number of aryl methyl sites for hydroxylation is 1. The Bertz CT molecular complexity index is 1150.